The molecule has 3 rings (SSSR count). The van der Waals surface area contributed by atoms with E-state index in [1.54, 1.807) is 7.11 Å². The Morgan fingerprint density at radius 2 is 1.78 bits per heavy atom. The number of rotatable bonds is 6. The summed E-state index contributed by atoms with van der Waals surface area (Å²) in [5, 5.41) is 9.99. The van der Waals surface area contributed by atoms with Gasteiger partial charge in [0.25, 0.3) is 0 Å². The molecule has 1 aromatic carbocycles. The van der Waals surface area contributed by atoms with Gasteiger partial charge in [-0.1, -0.05) is 33.8 Å². The van der Waals surface area contributed by atoms with Gasteiger partial charge in [0.1, 0.15) is 5.75 Å². The van der Waals surface area contributed by atoms with Crippen molar-refractivity contribution in [3.8, 4) is 17.0 Å². The summed E-state index contributed by atoms with van der Waals surface area (Å²) in [6.45, 7) is 8.23. The van der Waals surface area contributed by atoms with Gasteiger partial charge in [-0.05, 0) is 29.5 Å². The number of aromatic amines is 2. The van der Waals surface area contributed by atoms with Crippen molar-refractivity contribution < 1.29 is 9.84 Å². The maximum absolute atomic E-state index is 11.7. The maximum Gasteiger partial charge on any atom is 0.326 e. The molecule has 7 nitrogen and oxygen atoms in total. The normalized spacial score (nSPS) is 12.9. The van der Waals surface area contributed by atoms with Crippen LogP contribution in [0.25, 0.3) is 22.6 Å². The zero-order valence-electron chi connectivity index (χ0n) is 16.3. The molecule has 0 aliphatic heterocycles. The molecular formula is C20H26N4O3. The molecule has 1 atom stereocenters. The largest absolute Gasteiger partial charge is 0.496 e. The van der Waals surface area contributed by atoms with Gasteiger partial charge in [-0.25, -0.2) is 14.8 Å². The molecule has 0 amide bonds. The molecule has 0 fully saturated rings. The van der Waals surface area contributed by atoms with Crippen molar-refractivity contribution >= 4 is 11.3 Å². The van der Waals surface area contributed by atoms with E-state index in [4.69, 9.17) is 4.74 Å². The smallest absolute Gasteiger partial charge is 0.326 e. The number of ether oxygens (including phenoxy) is 1. The summed E-state index contributed by atoms with van der Waals surface area (Å²) in [5.74, 6) is 0.932. The molecule has 0 bridgehead atoms. The molecule has 144 valence electrons. The molecule has 2 aromatic heterocycles. The van der Waals surface area contributed by atoms with E-state index in [9.17, 15) is 9.90 Å². The Morgan fingerprint density at radius 3 is 2.33 bits per heavy atom. The lowest BCUT2D eigenvalue weighted by Gasteiger charge is -2.21. The Morgan fingerprint density at radius 1 is 1.11 bits per heavy atom. The first-order valence-corrected chi connectivity index (χ1v) is 9.14. The molecular weight excluding hydrogens is 344 g/mol. The lowest BCUT2D eigenvalue weighted by Crippen LogP contribution is -2.15. The number of methoxy groups -OCH3 is 1. The van der Waals surface area contributed by atoms with E-state index in [-0.39, 0.29) is 24.1 Å². The van der Waals surface area contributed by atoms with E-state index in [0.29, 0.717) is 34.3 Å². The van der Waals surface area contributed by atoms with E-state index in [1.165, 1.54) is 0 Å². The van der Waals surface area contributed by atoms with Crippen molar-refractivity contribution in [1.82, 2.24) is 19.9 Å². The zero-order chi connectivity index (χ0) is 19.7. The number of hydrogen-bond acceptors (Lipinski definition) is 5. The van der Waals surface area contributed by atoms with Crippen LogP contribution in [0.2, 0.25) is 0 Å². The first-order valence-electron chi connectivity index (χ1n) is 9.14. The van der Waals surface area contributed by atoms with Crippen molar-refractivity contribution in [3.63, 3.8) is 0 Å². The number of benzene rings is 1. The van der Waals surface area contributed by atoms with Crippen LogP contribution < -0.4 is 10.4 Å². The van der Waals surface area contributed by atoms with Gasteiger partial charge in [-0.15, -0.1) is 0 Å². The lowest BCUT2D eigenvalue weighted by molar-refractivity contribution is 0.235. The quantitative estimate of drug-likeness (QED) is 0.618. The Balaban J connectivity index is 2.35. The van der Waals surface area contributed by atoms with Gasteiger partial charge in [0.05, 0.1) is 25.1 Å². The van der Waals surface area contributed by atoms with Crippen LogP contribution in [0, 0.1) is 5.92 Å². The Labute approximate surface area is 157 Å². The summed E-state index contributed by atoms with van der Waals surface area (Å²) in [7, 11) is 1.61. The van der Waals surface area contributed by atoms with Gasteiger partial charge in [-0.3, -0.25) is 9.97 Å². The minimum Gasteiger partial charge on any atom is -0.496 e. The predicted octanol–water partition coefficient (Wildman–Crippen LogP) is 3.18. The minimum atomic E-state index is -0.360. The monoisotopic (exact) mass is 370 g/mol. The molecule has 0 spiro atoms. The van der Waals surface area contributed by atoms with Gasteiger partial charge >= 0.3 is 5.69 Å². The van der Waals surface area contributed by atoms with E-state index in [2.05, 4.69) is 33.8 Å². The van der Waals surface area contributed by atoms with Crippen molar-refractivity contribution in [2.45, 2.75) is 39.5 Å². The third-order valence-corrected chi connectivity index (χ3v) is 4.88. The van der Waals surface area contributed by atoms with Crippen LogP contribution in [0.15, 0.2) is 23.0 Å². The second-order valence-electron chi connectivity index (χ2n) is 7.38. The highest BCUT2D eigenvalue weighted by molar-refractivity contribution is 5.76. The fourth-order valence-corrected chi connectivity index (χ4v) is 3.21. The van der Waals surface area contributed by atoms with E-state index >= 15 is 0 Å². The van der Waals surface area contributed by atoms with Gasteiger partial charge in [0.2, 0.25) is 0 Å². The highest BCUT2D eigenvalue weighted by Gasteiger charge is 2.25. The van der Waals surface area contributed by atoms with Crippen molar-refractivity contribution in [1.29, 1.82) is 0 Å². The average Bonchev–Trinajstić information content (AvgIpc) is 2.99. The summed E-state index contributed by atoms with van der Waals surface area (Å²) >= 11 is 0. The number of hydrogen-bond donors (Lipinski definition) is 3. The highest BCUT2D eigenvalue weighted by atomic mass is 16.5. The Hall–Kier alpha value is -2.67. The van der Waals surface area contributed by atoms with Gasteiger partial charge in [-0.2, -0.15) is 0 Å². The Kier molecular flexibility index (Phi) is 5.32. The molecule has 27 heavy (non-hydrogen) atoms. The first kappa shape index (κ1) is 19.1. The molecule has 0 radical (unpaired) electrons. The van der Waals surface area contributed by atoms with Crippen LogP contribution >= 0.6 is 0 Å². The average molecular weight is 370 g/mol. The minimum absolute atomic E-state index is 0.0638. The number of nitrogens with one attached hydrogen (secondary N) is 2. The SMILES string of the molecule is COc1ccc(C(C)C)cc1-c1nc2[nH]c(=O)[nH]c2nc1[C@H](CO)C(C)C. The molecule has 0 unspecified atom stereocenters. The molecule has 2 heterocycles. The molecule has 0 saturated carbocycles. The summed E-state index contributed by atoms with van der Waals surface area (Å²) in [6.07, 6.45) is 0. The number of nitrogens with zero attached hydrogens (tertiary/aromatic N) is 2. The van der Waals surface area contributed by atoms with E-state index < -0.39 is 0 Å². The fraction of sp³-hybridized carbons (Fsp3) is 0.450. The van der Waals surface area contributed by atoms with E-state index in [1.807, 2.05) is 32.0 Å². The van der Waals surface area contributed by atoms with Crippen LogP contribution in [0.5, 0.6) is 5.75 Å². The number of aliphatic hydroxyl groups excluding tert-OH is 1. The van der Waals surface area contributed by atoms with Crippen molar-refractivity contribution in [2.75, 3.05) is 13.7 Å². The topological polar surface area (TPSA) is 104 Å². The highest BCUT2D eigenvalue weighted by Crippen LogP contribution is 2.37. The van der Waals surface area contributed by atoms with Crippen molar-refractivity contribution in [2.24, 2.45) is 5.92 Å². The Bertz CT molecular complexity index is 1000. The number of aliphatic hydroxyl groups is 1. The third kappa shape index (κ3) is 3.60. The summed E-state index contributed by atoms with van der Waals surface area (Å²) in [6, 6.07) is 5.99. The van der Waals surface area contributed by atoms with Crippen molar-refractivity contribution in [3.05, 3.63) is 39.9 Å². The van der Waals surface area contributed by atoms with Crippen LogP contribution in [-0.4, -0.2) is 38.8 Å². The van der Waals surface area contributed by atoms with Crippen LogP contribution in [0.4, 0.5) is 0 Å². The van der Waals surface area contributed by atoms with E-state index in [0.717, 1.165) is 11.1 Å². The number of fused-ring (bicyclic) bond motifs is 1. The molecule has 3 N–H and O–H groups in total. The fourth-order valence-electron chi connectivity index (χ4n) is 3.21. The summed E-state index contributed by atoms with van der Waals surface area (Å²) in [4.78, 5) is 26.4. The van der Waals surface area contributed by atoms with Crippen LogP contribution in [0.3, 0.4) is 0 Å². The number of imidazole rings is 1. The molecule has 0 aliphatic carbocycles. The summed E-state index contributed by atoms with van der Waals surface area (Å²) in [5.41, 5.74) is 3.62. The maximum atomic E-state index is 11.7. The van der Waals surface area contributed by atoms with Crippen LogP contribution in [-0.2, 0) is 0 Å². The summed E-state index contributed by atoms with van der Waals surface area (Å²) < 4.78 is 5.57. The predicted molar refractivity (Wildman–Crippen MR) is 105 cm³/mol. The molecule has 3 aromatic rings. The molecule has 7 heteroatoms. The molecule has 0 aliphatic rings. The van der Waals surface area contributed by atoms with Gasteiger partial charge in [0, 0.05) is 11.5 Å². The second-order valence-corrected chi connectivity index (χ2v) is 7.38. The first-order chi connectivity index (χ1) is 12.8. The third-order valence-electron chi connectivity index (χ3n) is 4.88. The number of H-pyrrole nitrogens is 2. The molecule has 0 saturated heterocycles. The van der Waals surface area contributed by atoms with Gasteiger partial charge in [0.15, 0.2) is 11.3 Å². The standard InChI is InChI=1S/C20H26N4O3/c1-10(2)12-6-7-15(27-5)13(8-12)16-17(14(9-25)11(3)4)22-19-18(21-16)23-20(26)24-19/h6-8,10-11,14,25H,9H2,1-5H3,(H2,21,22,23,24,26)/t14-/m1/s1. The van der Waals surface area contributed by atoms with Crippen LogP contribution in [0.1, 0.15) is 50.8 Å². The lowest BCUT2D eigenvalue weighted by atomic mass is 9.89. The second kappa shape index (κ2) is 7.52. The van der Waals surface area contributed by atoms with Gasteiger partial charge < -0.3 is 9.84 Å². The number of aromatic nitrogens is 4. The zero-order valence-corrected chi connectivity index (χ0v) is 16.3.